The molecule has 0 N–H and O–H groups in total. The van der Waals surface area contributed by atoms with Crippen molar-refractivity contribution in [1.29, 1.82) is 0 Å². The largest absolute Gasteiger partial charge is 0.307 e. The fraction of sp³-hybridized carbons (Fsp3) is 0.577. The van der Waals surface area contributed by atoms with Gasteiger partial charge in [0.05, 0.1) is 22.5 Å². The predicted octanol–water partition coefficient (Wildman–Crippen LogP) is 21.9. The van der Waals surface area contributed by atoms with Crippen LogP contribution in [0.4, 0.5) is 11.4 Å². The summed E-state index contributed by atoms with van der Waals surface area (Å²) in [5.74, 6) is 1.14. The Morgan fingerprint density at radius 1 is 0.354 bits per heavy atom. The summed E-state index contributed by atoms with van der Waals surface area (Å²) in [5, 5.41) is 8.59. The van der Waals surface area contributed by atoms with Crippen molar-refractivity contribution in [2.45, 2.75) is 241 Å². The predicted molar refractivity (Wildman–Crippen MR) is 352 cm³/mol. The first-order valence-corrected chi connectivity index (χ1v) is 35.6. The van der Waals surface area contributed by atoms with E-state index in [1.807, 2.05) is 13.8 Å². The molecule has 2 aromatic carbocycles. The molecule has 0 aliphatic carbocycles. The summed E-state index contributed by atoms with van der Waals surface area (Å²) < 4.78 is 0. The fourth-order valence-electron chi connectivity index (χ4n) is 12.5. The fourth-order valence-corrected chi connectivity index (χ4v) is 16.3. The standard InChI is InChI=1S/C69H94N2O2S4.C2H6/c1-5-9-13-17-21-23-27-31-37-53(35-29-25-20-16-12-8-4)51-71-67-55-41-42-56-64(62-46-44-60(76-62)58-38-32-48-74-58)68(72)70(50-52(34-28-24-19-15-11-7-3)36-30-26-22-18-14-10-6-2)66(56)54(55)40-43-57(67)65(69(71)73)63-47-45-61(77-63)59-39-33-49-75-59;1-2/h32-33,38-49,52-53H,5-31,34-37,50-51H2,1-4H3;1-2H3. The van der Waals surface area contributed by atoms with Gasteiger partial charge in [-0.2, -0.15) is 0 Å². The van der Waals surface area contributed by atoms with E-state index in [9.17, 15) is 0 Å². The van der Waals surface area contributed by atoms with Gasteiger partial charge in [0, 0.05) is 63.6 Å². The lowest BCUT2D eigenvalue weighted by atomic mass is 9.92. The van der Waals surface area contributed by atoms with Crippen molar-refractivity contribution >= 4 is 90.5 Å². The van der Waals surface area contributed by atoms with Crippen molar-refractivity contribution < 1.29 is 9.59 Å². The molecule has 8 rings (SSSR count). The minimum atomic E-state index is 0.143. The smallest absolute Gasteiger partial charge is 0.260 e. The first-order chi connectivity index (χ1) is 38.9. The number of hydrogen-bond acceptors (Lipinski definition) is 6. The van der Waals surface area contributed by atoms with Crippen molar-refractivity contribution in [2.75, 3.05) is 22.9 Å². The van der Waals surface area contributed by atoms with Crippen molar-refractivity contribution in [3.8, 4) is 19.5 Å². The number of carbonyl (C=O) groups excluding carboxylic acids is 2. The van der Waals surface area contributed by atoms with Crippen molar-refractivity contribution in [2.24, 2.45) is 11.8 Å². The van der Waals surface area contributed by atoms with Crippen LogP contribution in [-0.4, -0.2) is 24.9 Å². The van der Waals surface area contributed by atoms with Gasteiger partial charge >= 0.3 is 0 Å². The third-order valence-electron chi connectivity index (χ3n) is 16.9. The molecule has 2 atom stereocenters. The van der Waals surface area contributed by atoms with Gasteiger partial charge in [-0.3, -0.25) is 9.59 Å². The molecule has 0 saturated heterocycles. The van der Waals surface area contributed by atoms with Crippen molar-refractivity contribution in [1.82, 2.24) is 0 Å². The number of hydrogen-bond donors (Lipinski definition) is 0. The van der Waals surface area contributed by atoms with Crippen LogP contribution in [-0.2, 0) is 9.59 Å². The second kappa shape index (κ2) is 34.6. The van der Waals surface area contributed by atoms with Crippen LogP contribution in [0.1, 0.15) is 250 Å². The minimum absolute atomic E-state index is 0.143. The second-order valence-corrected chi connectivity index (χ2v) is 27.0. The van der Waals surface area contributed by atoms with Crippen molar-refractivity contribution in [3.05, 3.63) is 104 Å². The zero-order valence-electron chi connectivity index (χ0n) is 49.9. The molecule has 0 fully saturated rings. The summed E-state index contributed by atoms with van der Waals surface area (Å²) in [7, 11) is 0. The first kappa shape index (κ1) is 62.8. The van der Waals surface area contributed by atoms with Gasteiger partial charge in [-0.15, -0.1) is 45.3 Å². The Kier molecular flexibility index (Phi) is 27.5. The minimum Gasteiger partial charge on any atom is -0.307 e. The number of anilines is 2. The van der Waals surface area contributed by atoms with E-state index in [-0.39, 0.29) is 11.8 Å². The highest BCUT2D eigenvalue weighted by Crippen LogP contribution is 2.43. The SMILES string of the molecule is CC.CCCCCCCCCCC(CCCCCCCC)CN1C(=O)C(c2ccc(-c3cccs3)s2)=c2ccc3c4c(ccc3c21)=C(c1ccc(-c2cccs2)s1)C(=O)N4CC(CCCCCCCC)CCCCCCCCC. The molecule has 4 nitrogen and oxygen atoms in total. The number of carbonyl (C=O) groups is 2. The summed E-state index contributed by atoms with van der Waals surface area (Å²) in [5.41, 5.74) is 3.80. The van der Waals surface area contributed by atoms with Crippen LogP contribution in [0.2, 0.25) is 0 Å². The Morgan fingerprint density at radius 2 is 0.658 bits per heavy atom. The van der Waals surface area contributed by atoms with E-state index in [1.165, 1.54) is 193 Å². The maximum atomic E-state index is 15.6. The van der Waals surface area contributed by atoms with Crippen LogP contribution in [0.5, 0.6) is 0 Å². The lowest BCUT2D eigenvalue weighted by Gasteiger charge is -2.28. The molecule has 2 amide bonds. The molecule has 79 heavy (non-hydrogen) atoms. The monoisotopic (exact) mass is 1140 g/mol. The van der Waals surface area contributed by atoms with Gasteiger partial charge < -0.3 is 9.80 Å². The highest BCUT2D eigenvalue weighted by molar-refractivity contribution is 7.22. The van der Waals surface area contributed by atoms with E-state index in [0.717, 1.165) is 92.3 Å². The third kappa shape index (κ3) is 17.4. The topological polar surface area (TPSA) is 40.6 Å². The van der Waals surface area contributed by atoms with Crippen LogP contribution in [0, 0.1) is 11.8 Å². The van der Waals surface area contributed by atoms with E-state index < -0.39 is 0 Å². The van der Waals surface area contributed by atoms with Gasteiger partial charge in [-0.05, 0) is 84.7 Å². The van der Waals surface area contributed by atoms with Gasteiger partial charge in [0.2, 0.25) is 0 Å². The number of amides is 2. The Labute approximate surface area is 495 Å². The number of nitrogens with zero attached hydrogens (tertiary/aromatic N) is 2. The van der Waals surface area contributed by atoms with Gasteiger partial charge in [0.15, 0.2) is 0 Å². The highest BCUT2D eigenvalue weighted by atomic mass is 32.1. The van der Waals surface area contributed by atoms with Crippen LogP contribution in [0.3, 0.4) is 0 Å². The number of thiophene rings is 4. The van der Waals surface area contributed by atoms with Crippen LogP contribution >= 0.6 is 45.3 Å². The third-order valence-corrected chi connectivity index (χ3v) is 21.2. The van der Waals surface area contributed by atoms with Gasteiger partial charge in [-0.25, -0.2) is 0 Å². The Hall–Kier alpha value is -3.82. The van der Waals surface area contributed by atoms with Crippen LogP contribution < -0.4 is 20.2 Å². The average Bonchev–Trinajstić information content (AvgIpc) is 4.54. The van der Waals surface area contributed by atoms with Crippen LogP contribution in [0.15, 0.2) is 83.6 Å². The molecule has 0 spiro atoms. The first-order valence-electron chi connectivity index (χ1n) is 32.2. The molecular formula is C71H100N2O2S4. The molecule has 8 heteroatoms. The Morgan fingerprint density at radius 3 is 0.962 bits per heavy atom. The summed E-state index contributed by atoms with van der Waals surface area (Å²) in [6.45, 7) is 14.7. The molecule has 4 aromatic heterocycles. The van der Waals surface area contributed by atoms with Gasteiger partial charge in [0.1, 0.15) is 0 Å². The molecule has 0 radical (unpaired) electrons. The number of fused-ring (bicyclic) bond motifs is 5. The zero-order valence-corrected chi connectivity index (χ0v) is 53.2. The van der Waals surface area contributed by atoms with Gasteiger partial charge in [0.25, 0.3) is 11.8 Å². The molecule has 0 bridgehead atoms. The van der Waals surface area contributed by atoms with Crippen molar-refractivity contribution in [3.63, 3.8) is 0 Å². The summed E-state index contributed by atoms with van der Waals surface area (Å²) >= 11 is 7.03. The average molecular weight is 1140 g/mol. The van der Waals surface area contributed by atoms with E-state index in [0.29, 0.717) is 11.8 Å². The zero-order chi connectivity index (χ0) is 55.6. The summed E-state index contributed by atoms with van der Waals surface area (Å²) in [6, 6.07) is 26.6. The maximum absolute atomic E-state index is 15.6. The molecular weight excluding hydrogens is 1040 g/mol. The summed E-state index contributed by atoms with van der Waals surface area (Å²) in [4.78, 5) is 42.7. The number of unbranched alkanes of at least 4 members (excludes halogenated alkanes) is 23. The van der Waals surface area contributed by atoms with Crippen LogP contribution in [0.25, 0.3) is 41.4 Å². The van der Waals surface area contributed by atoms with Gasteiger partial charge in [-0.1, -0.05) is 251 Å². The molecule has 6 heterocycles. The molecule has 0 saturated carbocycles. The molecule has 6 aromatic rings. The Balaban J connectivity index is 0.00000446. The molecule has 2 unspecified atom stereocenters. The molecule has 2 aliphatic heterocycles. The number of benzene rings is 2. The van der Waals surface area contributed by atoms with E-state index in [1.54, 1.807) is 45.3 Å². The second-order valence-electron chi connectivity index (χ2n) is 22.9. The maximum Gasteiger partial charge on any atom is 0.260 e. The lowest BCUT2D eigenvalue weighted by Crippen LogP contribution is -2.34. The molecule has 430 valence electrons. The quantitative estimate of drug-likeness (QED) is 0.0361. The van der Waals surface area contributed by atoms with E-state index in [2.05, 4.69) is 121 Å². The lowest BCUT2D eigenvalue weighted by molar-refractivity contribution is -0.114. The summed E-state index contributed by atoms with van der Waals surface area (Å²) in [6.07, 6.45) is 39.6. The number of rotatable bonds is 39. The molecule has 2 aliphatic rings. The highest BCUT2D eigenvalue weighted by Gasteiger charge is 2.38. The van der Waals surface area contributed by atoms with E-state index in [4.69, 9.17) is 0 Å². The normalized spacial score (nSPS) is 13.9. The Bertz CT molecular complexity index is 2830. The van der Waals surface area contributed by atoms with E-state index >= 15 is 9.59 Å².